The second kappa shape index (κ2) is 6.75. The third-order valence-corrected chi connectivity index (χ3v) is 3.84. The van der Waals surface area contributed by atoms with Crippen LogP contribution in [0.15, 0.2) is 24.3 Å². The Labute approximate surface area is 121 Å². The van der Waals surface area contributed by atoms with E-state index in [9.17, 15) is 4.79 Å². The van der Waals surface area contributed by atoms with Crippen LogP contribution in [-0.2, 0) is 0 Å². The number of hydrogen-bond acceptors (Lipinski definition) is 3. The van der Waals surface area contributed by atoms with E-state index in [1.165, 1.54) is 19.4 Å². The molecule has 1 fully saturated rings. The molecule has 110 valence electrons. The first kappa shape index (κ1) is 14.9. The molecule has 4 heteroatoms. The Balaban J connectivity index is 2.02. The van der Waals surface area contributed by atoms with Gasteiger partial charge in [-0.3, -0.25) is 4.79 Å². The van der Waals surface area contributed by atoms with Gasteiger partial charge in [-0.15, -0.1) is 0 Å². The summed E-state index contributed by atoms with van der Waals surface area (Å²) in [6, 6.07) is 8.32. The van der Waals surface area contributed by atoms with Gasteiger partial charge in [-0.05, 0) is 57.6 Å². The zero-order valence-electron chi connectivity index (χ0n) is 12.7. The fourth-order valence-electron chi connectivity index (χ4n) is 2.62. The molecule has 20 heavy (non-hydrogen) atoms. The molecule has 1 N–H and O–H groups in total. The van der Waals surface area contributed by atoms with Gasteiger partial charge in [0.15, 0.2) is 0 Å². The minimum Gasteiger partial charge on any atom is -0.382 e. The highest BCUT2D eigenvalue weighted by atomic mass is 16.2. The molecule has 1 aliphatic rings. The lowest BCUT2D eigenvalue weighted by Gasteiger charge is -2.19. The van der Waals surface area contributed by atoms with Crippen LogP contribution in [0.25, 0.3) is 0 Å². The predicted octanol–water partition coefficient (Wildman–Crippen LogP) is 2.28. The Morgan fingerprint density at radius 3 is 2.85 bits per heavy atom. The molecule has 0 aromatic heterocycles. The van der Waals surface area contributed by atoms with E-state index in [0.29, 0.717) is 6.04 Å². The molecule has 1 saturated heterocycles. The van der Waals surface area contributed by atoms with E-state index in [-0.39, 0.29) is 5.91 Å². The average Bonchev–Trinajstić information content (AvgIpc) is 2.63. The van der Waals surface area contributed by atoms with Gasteiger partial charge in [-0.2, -0.15) is 0 Å². The van der Waals surface area contributed by atoms with Gasteiger partial charge in [0, 0.05) is 31.4 Å². The third-order valence-electron chi connectivity index (χ3n) is 3.84. The van der Waals surface area contributed by atoms with Crippen molar-refractivity contribution in [1.82, 2.24) is 9.80 Å². The number of anilines is 1. The first-order chi connectivity index (χ1) is 9.56. The van der Waals surface area contributed by atoms with Crippen molar-refractivity contribution in [3.8, 4) is 0 Å². The van der Waals surface area contributed by atoms with E-state index in [2.05, 4.69) is 17.3 Å². The van der Waals surface area contributed by atoms with Crippen LogP contribution in [0.1, 0.15) is 29.6 Å². The first-order valence-electron chi connectivity index (χ1n) is 7.33. The summed E-state index contributed by atoms with van der Waals surface area (Å²) in [5, 5.41) is 3.58. The molecule has 0 radical (unpaired) electrons. The molecule has 0 aliphatic carbocycles. The lowest BCUT2D eigenvalue weighted by molar-refractivity contribution is 0.0827. The van der Waals surface area contributed by atoms with Gasteiger partial charge < -0.3 is 15.1 Å². The van der Waals surface area contributed by atoms with Crippen molar-refractivity contribution in [1.29, 1.82) is 0 Å². The number of rotatable bonds is 3. The maximum absolute atomic E-state index is 12.0. The van der Waals surface area contributed by atoms with Gasteiger partial charge >= 0.3 is 0 Å². The smallest absolute Gasteiger partial charge is 0.253 e. The van der Waals surface area contributed by atoms with Crippen LogP contribution in [-0.4, -0.2) is 56.0 Å². The van der Waals surface area contributed by atoms with E-state index in [4.69, 9.17) is 0 Å². The number of carbonyl (C=O) groups is 1. The second-order valence-corrected chi connectivity index (χ2v) is 5.86. The van der Waals surface area contributed by atoms with Crippen LogP contribution in [0.4, 0.5) is 5.69 Å². The molecule has 0 bridgehead atoms. The van der Waals surface area contributed by atoms with Gasteiger partial charge in [0.1, 0.15) is 0 Å². The van der Waals surface area contributed by atoms with E-state index in [1.54, 1.807) is 19.0 Å². The lowest BCUT2D eigenvalue weighted by atomic mass is 10.1. The Morgan fingerprint density at radius 1 is 1.30 bits per heavy atom. The Morgan fingerprint density at radius 2 is 2.10 bits per heavy atom. The summed E-state index contributed by atoms with van der Waals surface area (Å²) in [6.07, 6.45) is 3.57. The standard InChI is InChI=1S/C16H25N3O/c1-18(2)16(20)13-6-4-7-15(12-13)17-14-8-5-10-19(3)11-9-14/h4,6-7,12,14,17H,5,8-11H2,1-3H3. The summed E-state index contributed by atoms with van der Waals surface area (Å²) in [4.78, 5) is 16.0. The van der Waals surface area contributed by atoms with Crippen LogP contribution in [0.3, 0.4) is 0 Å². The molecule has 1 aromatic rings. The van der Waals surface area contributed by atoms with E-state index >= 15 is 0 Å². The third kappa shape index (κ3) is 3.97. The number of nitrogens with zero attached hydrogens (tertiary/aromatic N) is 2. The van der Waals surface area contributed by atoms with Gasteiger partial charge in [0.2, 0.25) is 0 Å². The van der Waals surface area contributed by atoms with Crippen molar-refractivity contribution < 1.29 is 4.79 Å². The summed E-state index contributed by atoms with van der Waals surface area (Å²) in [5.41, 5.74) is 1.79. The van der Waals surface area contributed by atoms with Crippen molar-refractivity contribution >= 4 is 11.6 Å². The number of carbonyl (C=O) groups excluding carboxylic acids is 1. The van der Waals surface area contributed by atoms with Gasteiger partial charge in [-0.25, -0.2) is 0 Å². The predicted molar refractivity (Wildman–Crippen MR) is 83.2 cm³/mol. The highest BCUT2D eigenvalue weighted by molar-refractivity contribution is 5.94. The summed E-state index contributed by atoms with van der Waals surface area (Å²) in [5.74, 6) is 0.0502. The highest BCUT2D eigenvalue weighted by Crippen LogP contribution is 2.18. The van der Waals surface area contributed by atoms with Crippen molar-refractivity contribution in [3.05, 3.63) is 29.8 Å². The molecule has 1 aromatic carbocycles. The van der Waals surface area contributed by atoms with E-state index < -0.39 is 0 Å². The molecule has 4 nitrogen and oxygen atoms in total. The summed E-state index contributed by atoms with van der Waals surface area (Å²) >= 11 is 0. The molecule has 1 atom stereocenters. The van der Waals surface area contributed by atoms with Crippen molar-refractivity contribution in [2.45, 2.75) is 25.3 Å². The second-order valence-electron chi connectivity index (χ2n) is 5.86. The number of amides is 1. The quantitative estimate of drug-likeness (QED) is 0.919. The monoisotopic (exact) mass is 275 g/mol. The maximum atomic E-state index is 12.0. The van der Waals surface area contributed by atoms with Crippen LogP contribution >= 0.6 is 0 Å². The van der Waals surface area contributed by atoms with Gasteiger partial charge in [0.05, 0.1) is 0 Å². The molecule has 2 rings (SSSR count). The topological polar surface area (TPSA) is 35.6 Å². The van der Waals surface area contributed by atoms with Crippen molar-refractivity contribution in [2.24, 2.45) is 0 Å². The van der Waals surface area contributed by atoms with Crippen LogP contribution in [0.2, 0.25) is 0 Å². The van der Waals surface area contributed by atoms with E-state index in [1.807, 2.05) is 24.3 Å². The Bertz CT molecular complexity index is 459. The SMILES string of the molecule is CN1CCCC(Nc2cccc(C(=O)N(C)C)c2)CC1. The molecular formula is C16H25N3O. The average molecular weight is 275 g/mol. The van der Waals surface area contributed by atoms with Gasteiger partial charge in [-0.1, -0.05) is 6.07 Å². The van der Waals surface area contributed by atoms with Crippen molar-refractivity contribution in [3.63, 3.8) is 0 Å². The maximum Gasteiger partial charge on any atom is 0.253 e. The number of benzene rings is 1. The fraction of sp³-hybridized carbons (Fsp3) is 0.562. The highest BCUT2D eigenvalue weighted by Gasteiger charge is 2.15. The Kier molecular flexibility index (Phi) is 5.01. The van der Waals surface area contributed by atoms with Crippen LogP contribution in [0, 0.1) is 0 Å². The summed E-state index contributed by atoms with van der Waals surface area (Å²) in [7, 11) is 5.74. The molecule has 0 saturated carbocycles. The van der Waals surface area contributed by atoms with Crippen LogP contribution in [0.5, 0.6) is 0 Å². The zero-order chi connectivity index (χ0) is 14.5. The zero-order valence-corrected chi connectivity index (χ0v) is 12.7. The Hall–Kier alpha value is -1.55. The largest absolute Gasteiger partial charge is 0.382 e. The molecule has 0 spiro atoms. The molecule has 1 unspecified atom stereocenters. The van der Waals surface area contributed by atoms with E-state index in [0.717, 1.165) is 24.2 Å². The number of nitrogens with one attached hydrogen (secondary N) is 1. The molecule has 1 heterocycles. The lowest BCUT2D eigenvalue weighted by Crippen LogP contribution is -2.24. The number of hydrogen-bond donors (Lipinski definition) is 1. The molecule has 1 amide bonds. The van der Waals surface area contributed by atoms with Crippen LogP contribution < -0.4 is 5.32 Å². The molecule has 1 aliphatic heterocycles. The fourth-order valence-corrected chi connectivity index (χ4v) is 2.62. The van der Waals surface area contributed by atoms with Gasteiger partial charge in [0.25, 0.3) is 5.91 Å². The molecular weight excluding hydrogens is 250 g/mol. The van der Waals surface area contributed by atoms with Crippen molar-refractivity contribution in [2.75, 3.05) is 39.5 Å². The number of likely N-dealkylation sites (tertiary alicyclic amines) is 1. The first-order valence-corrected chi connectivity index (χ1v) is 7.33. The minimum atomic E-state index is 0.0502. The minimum absolute atomic E-state index is 0.0502. The summed E-state index contributed by atoms with van der Waals surface area (Å²) in [6.45, 7) is 2.31. The summed E-state index contributed by atoms with van der Waals surface area (Å²) < 4.78 is 0. The normalized spacial score (nSPS) is 20.2.